The largest absolute Gasteiger partial charge is 0.382 e. The minimum atomic E-state index is 0.263. The molecule has 9 heteroatoms. The molecule has 22 heavy (non-hydrogen) atoms. The zero-order valence-electron chi connectivity index (χ0n) is 10.8. The second-order valence-electron chi connectivity index (χ2n) is 4.65. The van der Waals surface area contributed by atoms with Gasteiger partial charge in [0, 0.05) is 10.6 Å². The molecule has 110 valence electrons. The number of hydrogen-bond acceptors (Lipinski definition) is 4. The topological polar surface area (TPSA) is 84.9 Å². The van der Waals surface area contributed by atoms with E-state index < -0.39 is 0 Å². The van der Waals surface area contributed by atoms with Crippen LogP contribution in [0, 0.1) is 0 Å². The van der Waals surface area contributed by atoms with Crippen molar-refractivity contribution in [2.75, 3.05) is 5.73 Å². The molecule has 0 fully saturated rings. The van der Waals surface area contributed by atoms with E-state index in [-0.39, 0.29) is 5.82 Å². The zero-order chi connectivity index (χ0) is 15.4. The Labute approximate surface area is 138 Å². The van der Waals surface area contributed by atoms with Gasteiger partial charge in [0.2, 0.25) is 0 Å². The van der Waals surface area contributed by atoms with Crippen molar-refractivity contribution in [3.63, 3.8) is 0 Å². The third kappa shape index (κ3) is 1.78. The van der Waals surface area contributed by atoms with Crippen LogP contribution < -0.4 is 5.73 Å². The Bertz CT molecular complexity index is 1020. The van der Waals surface area contributed by atoms with Crippen molar-refractivity contribution >= 4 is 57.2 Å². The standard InChI is InChI=1S/C13H7Cl3N6/c14-6-3-1-5(2-4-6)12-20-21-13-8(15)9-7(10(16)22(12)13)11(17)19-18-9/h1-4,18H,(H2,17,19). The molecule has 0 bridgehead atoms. The maximum atomic E-state index is 6.48. The lowest BCUT2D eigenvalue weighted by atomic mass is 10.2. The summed E-state index contributed by atoms with van der Waals surface area (Å²) in [5.74, 6) is 0.806. The number of nitrogens with one attached hydrogen (secondary N) is 1. The van der Waals surface area contributed by atoms with Gasteiger partial charge in [0.05, 0.1) is 10.9 Å². The Balaban J connectivity index is 2.14. The molecule has 0 aliphatic carbocycles. The lowest BCUT2D eigenvalue weighted by molar-refractivity contribution is 1.11. The number of H-pyrrole nitrogens is 1. The molecule has 1 aromatic carbocycles. The fourth-order valence-corrected chi connectivity index (χ4v) is 3.08. The fourth-order valence-electron chi connectivity index (χ4n) is 2.35. The monoisotopic (exact) mass is 352 g/mol. The summed E-state index contributed by atoms with van der Waals surface area (Å²) in [4.78, 5) is 0. The smallest absolute Gasteiger partial charge is 0.183 e. The van der Waals surface area contributed by atoms with E-state index in [4.69, 9.17) is 40.5 Å². The molecule has 0 saturated carbocycles. The lowest BCUT2D eigenvalue weighted by Crippen LogP contribution is -1.95. The maximum absolute atomic E-state index is 6.48. The first kappa shape index (κ1) is 13.6. The van der Waals surface area contributed by atoms with Crippen molar-refractivity contribution in [1.82, 2.24) is 24.8 Å². The molecular formula is C13H7Cl3N6. The van der Waals surface area contributed by atoms with Crippen LogP contribution in [0.1, 0.15) is 0 Å². The summed E-state index contributed by atoms with van der Waals surface area (Å²) >= 11 is 18.7. The van der Waals surface area contributed by atoms with Gasteiger partial charge in [-0.3, -0.25) is 9.50 Å². The molecule has 3 heterocycles. The van der Waals surface area contributed by atoms with E-state index in [2.05, 4.69) is 20.4 Å². The molecule has 4 aromatic rings. The molecule has 0 unspecified atom stereocenters. The van der Waals surface area contributed by atoms with Crippen molar-refractivity contribution in [2.45, 2.75) is 0 Å². The van der Waals surface area contributed by atoms with Gasteiger partial charge in [-0.25, -0.2) is 0 Å². The highest BCUT2D eigenvalue weighted by Gasteiger charge is 2.21. The molecular weight excluding hydrogens is 347 g/mol. The first-order valence-electron chi connectivity index (χ1n) is 6.19. The summed E-state index contributed by atoms with van der Waals surface area (Å²) in [5.41, 5.74) is 7.62. The zero-order valence-corrected chi connectivity index (χ0v) is 13.1. The van der Waals surface area contributed by atoms with Gasteiger partial charge in [-0.15, -0.1) is 10.2 Å². The van der Waals surface area contributed by atoms with Crippen molar-refractivity contribution in [2.24, 2.45) is 0 Å². The van der Waals surface area contributed by atoms with Crippen LogP contribution in [-0.2, 0) is 0 Å². The Morgan fingerprint density at radius 2 is 1.77 bits per heavy atom. The van der Waals surface area contributed by atoms with E-state index >= 15 is 0 Å². The molecule has 0 radical (unpaired) electrons. The first-order valence-corrected chi connectivity index (χ1v) is 7.33. The number of halogens is 3. The van der Waals surface area contributed by atoms with Crippen LogP contribution >= 0.6 is 34.8 Å². The van der Waals surface area contributed by atoms with Crippen LogP contribution in [0.25, 0.3) is 27.9 Å². The molecule has 0 saturated heterocycles. The summed E-state index contributed by atoms with van der Waals surface area (Å²) in [6.45, 7) is 0. The number of nitrogens with zero attached hydrogens (tertiary/aromatic N) is 4. The second kappa shape index (κ2) is 4.74. The molecule has 3 aromatic heterocycles. The number of nitrogen functional groups attached to an aromatic ring is 1. The minimum absolute atomic E-state index is 0.263. The average molecular weight is 354 g/mol. The van der Waals surface area contributed by atoms with Crippen LogP contribution in [0.4, 0.5) is 5.82 Å². The minimum Gasteiger partial charge on any atom is -0.382 e. The number of aromatic amines is 1. The highest BCUT2D eigenvalue weighted by Crippen LogP contribution is 2.36. The number of benzene rings is 1. The second-order valence-corrected chi connectivity index (χ2v) is 5.83. The number of nitrogens with two attached hydrogens (primary N) is 1. The molecule has 3 N–H and O–H groups in total. The average Bonchev–Trinajstić information content (AvgIpc) is 3.10. The summed E-state index contributed by atoms with van der Waals surface area (Å²) < 4.78 is 1.64. The third-order valence-corrected chi connectivity index (χ3v) is 4.35. The van der Waals surface area contributed by atoms with E-state index in [0.29, 0.717) is 37.6 Å². The summed E-state index contributed by atoms with van der Waals surface area (Å²) in [6, 6.07) is 7.17. The van der Waals surface area contributed by atoms with Crippen LogP contribution in [0.3, 0.4) is 0 Å². The number of aromatic nitrogens is 5. The van der Waals surface area contributed by atoms with E-state index in [1.807, 2.05) is 12.1 Å². The van der Waals surface area contributed by atoms with Crippen LogP contribution in [0.5, 0.6) is 0 Å². The molecule has 4 rings (SSSR count). The van der Waals surface area contributed by atoms with Gasteiger partial charge < -0.3 is 5.73 Å². The number of pyridine rings is 1. The van der Waals surface area contributed by atoms with E-state index in [1.165, 1.54) is 0 Å². The molecule has 0 aliphatic rings. The van der Waals surface area contributed by atoms with Crippen molar-refractivity contribution in [3.8, 4) is 11.4 Å². The predicted molar refractivity (Wildman–Crippen MR) is 87.5 cm³/mol. The highest BCUT2D eigenvalue weighted by molar-refractivity contribution is 6.42. The van der Waals surface area contributed by atoms with Gasteiger partial charge in [-0.2, -0.15) is 5.10 Å². The molecule has 0 spiro atoms. The normalized spacial score (nSPS) is 11.6. The van der Waals surface area contributed by atoms with Crippen LogP contribution in [0.2, 0.25) is 15.2 Å². The van der Waals surface area contributed by atoms with Gasteiger partial charge in [-0.1, -0.05) is 34.8 Å². The van der Waals surface area contributed by atoms with Gasteiger partial charge in [-0.05, 0) is 24.3 Å². The third-order valence-electron chi connectivity index (χ3n) is 3.38. The lowest BCUT2D eigenvalue weighted by Gasteiger charge is -2.06. The Morgan fingerprint density at radius 3 is 2.50 bits per heavy atom. The van der Waals surface area contributed by atoms with E-state index in [0.717, 1.165) is 5.56 Å². The van der Waals surface area contributed by atoms with E-state index in [1.54, 1.807) is 16.5 Å². The summed E-state index contributed by atoms with van der Waals surface area (Å²) in [5, 5.41) is 16.8. The number of rotatable bonds is 1. The van der Waals surface area contributed by atoms with Gasteiger partial charge in [0.1, 0.15) is 10.2 Å². The Morgan fingerprint density at radius 1 is 1.05 bits per heavy atom. The number of hydrogen-bond donors (Lipinski definition) is 2. The van der Waals surface area contributed by atoms with Gasteiger partial charge in [0.15, 0.2) is 17.3 Å². The maximum Gasteiger partial charge on any atom is 0.183 e. The van der Waals surface area contributed by atoms with Crippen LogP contribution in [-0.4, -0.2) is 24.8 Å². The number of fused-ring (bicyclic) bond motifs is 2. The molecule has 0 atom stereocenters. The van der Waals surface area contributed by atoms with Gasteiger partial charge in [0.25, 0.3) is 0 Å². The number of anilines is 1. The highest BCUT2D eigenvalue weighted by atomic mass is 35.5. The Hall–Kier alpha value is -2.02. The van der Waals surface area contributed by atoms with Crippen LogP contribution in [0.15, 0.2) is 24.3 Å². The molecule has 0 amide bonds. The van der Waals surface area contributed by atoms with Crippen molar-refractivity contribution < 1.29 is 0 Å². The van der Waals surface area contributed by atoms with Crippen molar-refractivity contribution in [3.05, 3.63) is 39.5 Å². The molecule has 0 aliphatic heterocycles. The molecule has 6 nitrogen and oxygen atoms in total. The summed E-state index contributed by atoms with van der Waals surface area (Å²) in [6.07, 6.45) is 0. The van der Waals surface area contributed by atoms with Gasteiger partial charge >= 0.3 is 0 Å². The predicted octanol–water partition coefficient (Wildman–Crippen LogP) is 3.82. The first-order chi connectivity index (χ1) is 10.6. The summed E-state index contributed by atoms with van der Waals surface area (Å²) in [7, 11) is 0. The van der Waals surface area contributed by atoms with Crippen molar-refractivity contribution in [1.29, 1.82) is 0 Å². The fraction of sp³-hybridized carbons (Fsp3) is 0. The quantitative estimate of drug-likeness (QED) is 0.509. The van der Waals surface area contributed by atoms with E-state index in [9.17, 15) is 0 Å². The SMILES string of the molecule is Nc1n[nH]c2c(Cl)c3nnc(-c4ccc(Cl)cc4)n3c(Cl)c12. The Kier molecular flexibility index (Phi) is 2.94.